The van der Waals surface area contributed by atoms with Crippen molar-refractivity contribution in [3.8, 4) is 0 Å². The minimum Gasteiger partial charge on any atom is -0.376 e. The largest absolute Gasteiger partial charge is 0.376 e. The predicted octanol–water partition coefficient (Wildman–Crippen LogP) is 1.44. The molecule has 2 aliphatic rings. The molecule has 1 atom stereocenters. The van der Waals surface area contributed by atoms with Gasteiger partial charge in [0.25, 0.3) is 0 Å². The molecule has 0 saturated carbocycles. The van der Waals surface area contributed by atoms with E-state index in [1.165, 1.54) is 38.9 Å². The highest BCUT2D eigenvalue weighted by Gasteiger charge is 2.24. The van der Waals surface area contributed by atoms with Gasteiger partial charge in [-0.05, 0) is 51.9 Å². The average molecular weight is 226 g/mol. The smallest absolute Gasteiger partial charge is 0.0705 e. The van der Waals surface area contributed by atoms with E-state index in [9.17, 15) is 0 Å². The van der Waals surface area contributed by atoms with Crippen LogP contribution in [0.15, 0.2) is 0 Å². The maximum absolute atomic E-state index is 5.88. The number of ether oxygens (including phenoxy) is 1. The lowest BCUT2D eigenvalue weighted by Crippen LogP contribution is -2.43. The number of hydrogen-bond acceptors (Lipinski definition) is 3. The van der Waals surface area contributed by atoms with Gasteiger partial charge in [-0.3, -0.25) is 4.90 Å². The summed E-state index contributed by atoms with van der Waals surface area (Å²) >= 11 is 0. The lowest BCUT2D eigenvalue weighted by molar-refractivity contribution is -0.0409. The van der Waals surface area contributed by atoms with Crippen molar-refractivity contribution in [1.82, 2.24) is 9.80 Å². The van der Waals surface area contributed by atoms with E-state index in [-0.39, 0.29) is 0 Å². The number of likely N-dealkylation sites (tertiary alicyclic amines) is 1. The third-order valence-corrected chi connectivity index (χ3v) is 4.10. The first-order chi connectivity index (χ1) is 7.78. The standard InChI is InChI=1S/C13H26N2O/c1-3-15-8-9-16-13(11-15)10-12-4-6-14(2)7-5-12/h12-13H,3-11H2,1-2H3. The molecule has 0 N–H and O–H groups in total. The van der Waals surface area contributed by atoms with Gasteiger partial charge in [-0.1, -0.05) is 6.92 Å². The molecule has 0 aliphatic carbocycles. The Hall–Kier alpha value is -0.120. The number of piperidine rings is 1. The van der Waals surface area contributed by atoms with Crippen molar-refractivity contribution in [2.45, 2.75) is 32.3 Å². The second kappa shape index (κ2) is 5.99. The number of rotatable bonds is 3. The zero-order chi connectivity index (χ0) is 11.4. The summed E-state index contributed by atoms with van der Waals surface area (Å²) in [4.78, 5) is 4.96. The first-order valence-corrected chi connectivity index (χ1v) is 6.80. The van der Waals surface area contributed by atoms with E-state index >= 15 is 0 Å². The molecular formula is C13H26N2O. The fourth-order valence-electron chi connectivity index (χ4n) is 2.88. The topological polar surface area (TPSA) is 15.7 Å². The van der Waals surface area contributed by atoms with Crippen LogP contribution in [0.1, 0.15) is 26.2 Å². The molecule has 16 heavy (non-hydrogen) atoms. The van der Waals surface area contributed by atoms with Gasteiger partial charge in [-0.25, -0.2) is 0 Å². The van der Waals surface area contributed by atoms with Crippen LogP contribution in [-0.4, -0.2) is 62.3 Å². The Kier molecular flexibility index (Phi) is 4.62. The van der Waals surface area contributed by atoms with E-state index in [1.807, 2.05) is 0 Å². The average Bonchev–Trinajstić information content (AvgIpc) is 2.32. The summed E-state index contributed by atoms with van der Waals surface area (Å²) in [5.74, 6) is 0.901. The van der Waals surface area contributed by atoms with E-state index in [2.05, 4.69) is 23.8 Å². The Morgan fingerprint density at radius 1 is 1.19 bits per heavy atom. The van der Waals surface area contributed by atoms with Crippen LogP contribution in [0.5, 0.6) is 0 Å². The number of morpholine rings is 1. The van der Waals surface area contributed by atoms with Gasteiger partial charge in [0.05, 0.1) is 12.7 Å². The molecule has 1 unspecified atom stereocenters. The van der Waals surface area contributed by atoms with Crippen molar-refractivity contribution in [3.05, 3.63) is 0 Å². The first-order valence-electron chi connectivity index (χ1n) is 6.80. The first kappa shape index (κ1) is 12.3. The SMILES string of the molecule is CCN1CCOC(CC2CCN(C)CC2)C1. The number of likely N-dealkylation sites (N-methyl/N-ethyl adjacent to an activating group) is 1. The summed E-state index contributed by atoms with van der Waals surface area (Å²) in [5, 5.41) is 0. The Labute approximate surface area is 99.7 Å². The second-order valence-electron chi connectivity index (χ2n) is 5.37. The minimum atomic E-state index is 0.502. The van der Waals surface area contributed by atoms with Crippen molar-refractivity contribution in [2.24, 2.45) is 5.92 Å². The van der Waals surface area contributed by atoms with Crippen LogP contribution >= 0.6 is 0 Å². The molecule has 2 aliphatic heterocycles. The molecule has 3 nitrogen and oxygen atoms in total. The van der Waals surface area contributed by atoms with Crippen molar-refractivity contribution >= 4 is 0 Å². The van der Waals surface area contributed by atoms with Crippen molar-refractivity contribution in [3.63, 3.8) is 0 Å². The van der Waals surface area contributed by atoms with Gasteiger partial charge in [0.1, 0.15) is 0 Å². The molecule has 2 heterocycles. The third-order valence-electron chi connectivity index (χ3n) is 4.10. The van der Waals surface area contributed by atoms with Crippen LogP contribution in [0.2, 0.25) is 0 Å². The minimum absolute atomic E-state index is 0.502. The summed E-state index contributed by atoms with van der Waals surface area (Å²) in [6, 6.07) is 0. The second-order valence-corrected chi connectivity index (χ2v) is 5.37. The Morgan fingerprint density at radius 2 is 1.94 bits per heavy atom. The molecule has 2 saturated heterocycles. The lowest BCUT2D eigenvalue weighted by atomic mass is 9.91. The Morgan fingerprint density at radius 3 is 2.62 bits per heavy atom. The van der Waals surface area contributed by atoms with Crippen LogP contribution in [0.4, 0.5) is 0 Å². The molecule has 2 rings (SSSR count). The molecular weight excluding hydrogens is 200 g/mol. The summed E-state index contributed by atoms with van der Waals surface area (Å²) in [7, 11) is 2.23. The van der Waals surface area contributed by atoms with Crippen LogP contribution < -0.4 is 0 Å². The van der Waals surface area contributed by atoms with Crippen LogP contribution in [0, 0.1) is 5.92 Å². The molecule has 0 radical (unpaired) electrons. The summed E-state index contributed by atoms with van der Waals surface area (Å²) in [6.07, 6.45) is 4.51. The predicted molar refractivity (Wildman–Crippen MR) is 66.7 cm³/mol. The highest BCUT2D eigenvalue weighted by Crippen LogP contribution is 2.23. The third kappa shape index (κ3) is 3.44. The maximum atomic E-state index is 5.88. The van der Waals surface area contributed by atoms with E-state index in [1.54, 1.807) is 0 Å². The summed E-state index contributed by atoms with van der Waals surface area (Å²) < 4.78 is 5.88. The van der Waals surface area contributed by atoms with Crippen molar-refractivity contribution < 1.29 is 4.74 Å². The van der Waals surface area contributed by atoms with E-state index in [4.69, 9.17) is 4.74 Å². The highest BCUT2D eigenvalue weighted by molar-refractivity contribution is 4.77. The van der Waals surface area contributed by atoms with Gasteiger partial charge in [0, 0.05) is 13.1 Å². The van der Waals surface area contributed by atoms with Crippen molar-refractivity contribution in [2.75, 3.05) is 46.4 Å². The highest BCUT2D eigenvalue weighted by atomic mass is 16.5. The fraction of sp³-hybridized carbons (Fsp3) is 1.00. The summed E-state index contributed by atoms with van der Waals surface area (Å²) in [6.45, 7) is 9.18. The van der Waals surface area contributed by atoms with Crippen molar-refractivity contribution in [1.29, 1.82) is 0 Å². The Balaban J connectivity index is 1.72. The fourth-order valence-corrected chi connectivity index (χ4v) is 2.88. The molecule has 2 fully saturated rings. The molecule has 0 aromatic rings. The van der Waals surface area contributed by atoms with Gasteiger partial charge < -0.3 is 9.64 Å². The quantitative estimate of drug-likeness (QED) is 0.724. The zero-order valence-corrected chi connectivity index (χ0v) is 10.8. The van der Waals surface area contributed by atoms with Gasteiger partial charge >= 0.3 is 0 Å². The van der Waals surface area contributed by atoms with Crippen LogP contribution in [-0.2, 0) is 4.74 Å². The monoisotopic (exact) mass is 226 g/mol. The normalized spacial score (nSPS) is 30.8. The van der Waals surface area contributed by atoms with E-state index in [0.29, 0.717) is 6.10 Å². The Bertz CT molecular complexity index is 202. The molecule has 0 bridgehead atoms. The van der Waals surface area contributed by atoms with E-state index in [0.717, 1.165) is 25.6 Å². The van der Waals surface area contributed by atoms with Crippen LogP contribution in [0.25, 0.3) is 0 Å². The molecule has 0 spiro atoms. The lowest BCUT2D eigenvalue weighted by Gasteiger charge is -2.36. The van der Waals surface area contributed by atoms with Gasteiger partial charge in [0.15, 0.2) is 0 Å². The van der Waals surface area contributed by atoms with Gasteiger partial charge in [0.2, 0.25) is 0 Å². The molecule has 0 aromatic carbocycles. The number of hydrogen-bond donors (Lipinski definition) is 0. The molecule has 94 valence electrons. The maximum Gasteiger partial charge on any atom is 0.0705 e. The molecule has 0 amide bonds. The van der Waals surface area contributed by atoms with Crippen LogP contribution in [0.3, 0.4) is 0 Å². The summed E-state index contributed by atoms with van der Waals surface area (Å²) in [5.41, 5.74) is 0. The van der Waals surface area contributed by atoms with E-state index < -0.39 is 0 Å². The van der Waals surface area contributed by atoms with Gasteiger partial charge in [-0.15, -0.1) is 0 Å². The number of nitrogens with zero attached hydrogens (tertiary/aromatic N) is 2. The molecule has 3 heteroatoms. The molecule has 0 aromatic heterocycles. The van der Waals surface area contributed by atoms with Gasteiger partial charge in [-0.2, -0.15) is 0 Å². The zero-order valence-electron chi connectivity index (χ0n) is 10.8.